The number of carboxylic acid groups (broad SMARTS) is 1. The van der Waals surface area contributed by atoms with Crippen molar-refractivity contribution in [1.82, 2.24) is 4.90 Å². The highest BCUT2D eigenvalue weighted by Gasteiger charge is 2.29. The molecule has 0 spiro atoms. The van der Waals surface area contributed by atoms with E-state index in [1.54, 1.807) is 16.2 Å². The largest absolute Gasteiger partial charge is 0.481 e. The van der Waals surface area contributed by atoms with Gasteiger partial charge in [0.2, 0.25) is 5.91 Å². The van der Waals surface area contributed by atoms with Gasteiger partial charge in [0.25, 0.3) is 0 Å². The SMILES string of the molecule is O=C(O)C1CCN(CCc2cccs2)C(=O)C1. The van der Waals surface area contributed by atoms with Gasteiger partial charge < -0.3 is 10.0 Å². The Morgan fingerprint density at radius 3 is 3.00 bits per heavy atom. The first kappa shape index (κ1) is 12.1. The zero-order valence-electron chi connectivity index (χ0n) is 9.46. The van der Waals surface area contributed by atoms with Crippen LogP contribution in [-0.2, 0) is 16.0 Å². The summed E-state index contributed by atoms with van der Waals surface area (Å²) in [6, 6.07) is 4.05. The second-order valence-electron chi connectivity index (χ2n) is 4.24. The third-order valence-electron chi connectivity index (χ3n) is 3.08. The van der Waals surface area contributed by atoms with Crippen LogP contribution in [0.2, 0.25) is 0 Å². The van der Waals surface area contributed by atoms with E-state index in [0.717, 1.165) is 6.42 Å². The average Bonchev–Trinajstić information content (AvgIpc) is 2.80. The Labute approximate surface area is 104 Å². The standard InChI is InChI=1S/C12H15NO3S/c14-11-8-9(12(15)16)3-5-13(11)6-4-10-2-1-7-17-10/h1-2,7,9H,3-6,8H2,(H,15,16). The third-order valence-corrected chi connectivity index (χ3v) is 4.01. The van der Waals surface area contributed by atoms with E-state index >= 15 is 0 Å². The lowest BCUT2D eigenvalue weighted by atomic mass is 9.96. The van der Waals surface area contributed by atoms with E-state index in [2.05, 4.69) is 6.07 Å². The monoisotopic (exact) mass is 253 g/mol. The lowest BCUT2D eigenvalue weighted by Crippen LogP contribution is -2.41. The highest BCUT2D eigenvalue weighted by atomic mass is 32.1. The molecule has 1 aromatic rings. The van der Waals surface area contributed by atoms with Crippen LogP contribution in [0.3, 0.4) is 0 Å². The maximum Gasteiger partial charge on any atom is 0.307 e. The number of rotatable bonds is 4. The molecule has 1 aromatic heterocycles. The molecule has 1 atom stereocenters. The van der Waals surface area contributed by atoms with E-state index in [-0.39, 0.29) is 12.3 Å². The van der Waals surface area contributed by atoms with Gasteiger partial charge in [-0.1, -0.05) is 6.07 Å². The molecule has 92 valence electrons. The number of nitrogens with zero attached hydrogens (tertiary/aromatic N) is 1. The molecular formula is C12H15NO3S. The van der Waals surface area contributed by atoms with Gasteiger partial charge in [-0.3, -0.25) is 9.59 Å². The quantitative estimate of drug-likeness (QED) is 0.887. The molecule has 1 amide bonds. The highest BCUT2D eigenvalue weighted by molar-refractivity contribution is 7.09. The summed E-state index contributed by atoms with van der Waals surface area (Å²) >= 11 is 1.69. The number of thiophene rings is 1. The Hall–Kier alpha value is -1.36. The fourth-order valence-electron chi connectivity index (χ4n) is 2.03. The van der Waals surface area contributed by atoms with Crippen molar-refractivity contribution < 1.29 is 14.7 Å². The van der Waals surface area contributed by atoms with Gasteiger partial charge in [0, 0.05) is 24.4 Å². The van der Waals surface area contributed by atoms with Crippen LogP contribution in [0.5, 0.6) is 0 Å². The van der Waals surface area contributed by atoms with Crippen LogP contribution in [0, 0.1) is 5.92 Å². The van der Waals surface area contributed by atoms with Crippen molar-refractivity contribution in [3.05, 3.63) is 22.4 Å². The second kappa shape index (κ2) is 5.31. The summed E-state index contributed by atoms with van der Waals surface area (Å²) in [7, 11) is 0. The average molecular weight is 253 g/mol. The second-order valence-corrected chi connectivity index (χ2v) is 5.27. The Morgan fingerprint density at radius 1 is 1.59 bits per heavy atom. The zero-order valence-corrected chi connectivity index (χ0v) is 10.3. The molecule has 2 rings (SSSR count). The molecule has 5 heteroatoms. The normalized spacial score (nSPS) is 20.6. The fourth-order valence-corrected chi connectivity index (χ4v) is 2.72. The number of likely N-dealkylation sites (tertiary alicyclic amines) is 1. The van der Waals surface area contributed by atoms with Gasteiger partial charge in [0.1, 0.15) is 0 Å². The molecule has 1 aliphatic heterocycles. The van der Waals surface area contributed by atoms with Gasteiger partial charge in [0.05, 0.1) is 5.92 Å². The summed E-state index contributed by atoms with van der Waals surface area (Å²) in [5.74, 6) is -1.36. The first-order chi connectivity index (χ1) is 8.16. The minimum Gasteiger partial charge on any atom is -0.481 e. The third kappa shape index (κ3) is 3.06. The van der Waals surface area contributed by atoms with E-state index in [9.17, 15) is 9.59 Å². The summed E-state index contributed by atoms with van der Waals surface area (Å²) in [4.78, 5) is 25.6. The number of carboxylic acids is 1. The molecule has 0 radical (unpaired) electrons. The maximum absolute atomic E-state index is 11.7. The Bertz CT molecular complexity index is 402. The maximum atomic E-state index is 11.7. The smallest absolute Gasteiger partial charge is 0.307 e. The van der Waals surface area contributed by atoms with E-state index in [4.69, 9.17) is 5.11 Å². The van der Waals surface area contributed by atoms with Crippen molar-refractivity contribution in [2.45, 2.75) is 19.3 Å². The van der Waals surface area contributed by atoms with Crippen LogP contribution in [-0.4, -0.2) is 35.0 Å². The Kier molecular flexibility index (Phi) is 3.78. The first-order valence-corrected chi connectivity index (χ1v) is 6.58. The van der Waals surface area contributed by atoms with Crippen LogP contribution in [0.25, 0.3) is 0 Å². The summed E-state index contributed by atoms with van der Waals surface area (Å²) in [6.45, 7) is 1.27. The number of piperidine rings is 1. The fraction of sp³-hybridized carbons (Fsp3) is 0.500. The molecule has 1 fully saturated rings. The predicted molar refractivity (Wildman–Crippen MR) is 65.0 cm³/mol. The molecule has 1 N–H and O–H groups in total. The zero-order chi connectivity index (χ0) is 12.3. The molecule has 17 heavy (non-hydrogen) atoms. The molecule has 1 saturated heterocycles. The molecule has 0 aliphatic carbocycles. The van der Waals surface area contributed by atoms with Crippen LogP contribution in [0.15, 0.2) is 17.5 Å². The molecule has 1 unspecified atom stereocenters. The van der Waals surface area contributed by atoms with Crippen molar-refractivity contribution >= 4 is 23.2 Å². The molecule has 0 bridgehead atoms. The van der Waals surface area contributed by atoms with Gasteiger partial charge in [-0.05, 0) is 24.3 Å². The number of hydrogen-bond donors (Lipinski definition) is 1. The van der Waals surface area contributed by atoms with Crippen molar-refractivity contribution in [1.29, 1.82) is 0 Å². The lowest BCUT2D eigenvalue weighted by Gasteiger charge is -2.29. The molecule has 0 saturated carbocycles. The van der Waals surface area contributed by atoms with Gasteiger partial charge in [-0.15, -0.1) is 11.3 Å². The summed E-state index contributed by atoms with van der Waals surface area (Å²) in [5.41, 5.74) is 0. The topological polar surface area (TPSA) is 57.6 Å². The van der Waals surface area contributed by atoms with Crippen molar-refractivity contribution in [3.8, 4) is 0 Å². The molecule has 2 heterocycles. The lowest BCUT2D eigenvalue weighted by molar-refractivity contribution is -0.149. The Morgan fingerprint density at radius 2 is 2.41 bits per heavy atom. The molecular weight excluding hydrogens is 238 g/mol. The van der Waals surface area contributed by atoms with E-state index in [1.807, 2.05) is 11.4 Å². The van der Waals surface area contributed by atoms with Crippen molar-refractivity contribution in [3.63, 3.8) is 0 Å². The highest BCUT2D eigenvalue weighted by Crippen LogP contribution is 2.19. The van der Waals surface area contributed by atoms with Crippen LogP contribution in [0.1, 0.15) is 17.7 Å². The van der Waals surface area contributed by atoms with Crippen molar-refractivity contribution in [2.75, 3.05) is 13.1 Å². The minimum absolute atomic E-state index is 0.0276. The van der Waals surface area contributed by atoms with Crippen LogP contribution >= 0.6 is 11.3 Å². The number of aliphatic carboxylic acids is 1. The van der Waals surface area contributed by atoms with Crippen LogP contribution in [0.4, 0.5) is 0 Å². The molecule has 1 aliphatic rings. The van der Waals surface area contributed by atoms with Crippen LogP contribution < -0.4 is 0 Å². The van der Waals surface area contributed by atoms with E-state index in [1.165, 1.54) is 4.88 Å². The van der Waals surface area contributed by atoms with Gasteiger partial charge in [0.15, 0.2) is 0 Å². The number of carbonyl (C=O) groups is 2. The Balaban J connectivity index is 1.83. The number of carbonyl (C=O) groups excluding carboxylic acids is 1. The minimum atomic E-state index is -0.851. The van der Waals surface area contributed by atoms with Gasteiger partial charge >= 0.3 is 5.97 Å². The number of hydrogen-bond acceptors (Lipinski definition) is 3. The van der Waals surface area contributed by atoms with Crippen molar-refractivity contribution in [2.24, 2.45) is 5.92 Å². The predicted octanol–water partition coefficient (Wildman–Crippen LogP) is 1.61. The van der Waals surface area contributed by atoms with Gasteiger partial charge in [-0.2, -0.15) is 0 Å². The molecule has 4 nitrogen and oxygen atoms in total. The van der Waals surface area contributed by atoms with E-state index in [0.29, 0.717) is 19.5 Å². The summed E-state index contributed by atoms with van der Waals surface area (Å²) < 4.78 is 0. The molecule has 0 aromatic carbocycles. The summed E-state index contributed by atoms with van der Waals surface area (Å²) in [6.07, 6.45) is 1.59. The summed E-state index contributed by atoms with van der Waals surface area (Å²) in [5, 5.41) is 10.9. The number of amides is 1. The van der Waals surface area contributed by atoms with E-state index < -0.39 is 11.9 Å². The van der Waals surface area contributed by atoms with Gasteiger partial charge in [-0.25, -0.2) is 0 Å². The first-order valence-electron chi connectivity index (χ1n) is 5.70.